The van der Waals surface area contributed by atoms with Crippen LogP contribution >= 0.6 is 0 Å². The Balaban J connectivity index is 2.25. The van der Waals surface area contributed by atoms with Gasteiger partial charge in [-0.1, -0.05) is 13.0 Å². The number of aromatic nitrogens is 2. The minimum absolute atomic E-state index is 0.162. The largest absolute Gasteiger partial charge is 0.326 e. The summed E-state index contributed by atoms with van der Waals surface area (Å²) < 4.78 is 0. The Morgan fingerprint density at radius 3 is 2.62 bits per heavy atom. The lowest BCUT2D eigenvalue weighted by atomic mass is 10.1. The van der Waals surface area contributed by atoms with Gasteiger partial charge in [-0.05, 0) is 24.1 Å². The molecular weight excluding hydrogens is 268 g/mol. The number of nitrogens with one attached hydrogen (secondary N) is 2. The minimum Gasteiger partial charge on any atom is -0.326 e. The van der Waals surface area contributed by atoms with Crippen molar-refractivity contribution in [3.05, 3.63) is 48.0 Å². The SMILES string of the molecule is CCc1ccc(NC(C)=O)cc1NC(=O)c1cnccn1. The van der Waals surface area contributed by atoms with Crippen molar-refractivity contribution < 1.29 is 9.59 Å². The fourth-order valence-corrected chi connectivity index (χ4v) is 1.88. The first-order valence-corrected chi connectivity index (χ1v) is 6.58. The van der Waals surface area contributed by atoms with Gasteiger partial charge in [0.25, 0.3) is 5.91 Å². The van der Waals surface area contributed by atoms with Crippen molar-refractivity contribution in [1.82, 2.24) is 9.97 Å². The van der Waals surface area contributed by atoms with E-state index in [1.165, 1.54) is 25.5 Å². The Morgan fingerprint density at radius 1 is 1.19 bits per heavy atom. The molecule has 2 aromatic rings. The molecule has 0 spiro atoms. The minimum atomic E-state index is -0.335. The monoisotopic (exact) mass is 284 g/mol. The third-order valence-electron chi connectivity index (χ3n) is 2.86. The smallest absolute Gasteiger partial charge is 0.275 e. The second-order valence-electron chi connectivity index (χ2n) is 4.45. The lowest BCUT2D eigenvalue weighted by Gasteiger charge is -2.12. The zero-order valence-corrected chi connectivity index (χ0v) is 11.9. The van der Waals surface area contributed by atoms with Crippen LogP contribution < -0.4 is 10.6 Å². The highest BCUT2D eigenvalue weighted by Gasteiger charge is 2.11. The molecule has 0 bridgehead atoms. The van der Waals surface area contributed by atoms with E-state index in [4.69, 9.17) is 0 Å². The normalized spacial score (nSPS) is 10.0. The van der Waals surface area contributed by atoms with E-state index in [2.05, 4.69) is 20.6 Å². The van der Waals surface area contributed by atoms with Gasteiger partial charge in [-0.2, -0.15) is 0 Å². The van der Waals surface area contributed by atoms with Crippen LogP contribution in [0, 0.1) is 0 Å². The van der Waals surface area contributed by atoms with Gasteiger partial charge < -0.3 is 10.6 Å². The molecule has 0 saturated heterocycles. The Kier molecular flexibility index (Phi) is 4.61. The predicted molar refractivity (Wildman–Crippen MR) is 80.1 cm³/mol. The van der Waals surface area contributed by atoms with Crippen LogP contribution in [0.1, 0.15) is 29.9 Å². The molecular formula is C15H16N4O2. The van der Waals surface area contributed by atoms with Gasteiger partial charge in [-0.3, -0.25) is 14.6 Å². The van der Waals surface area contributed by atoms with Crippen molar-refractivity contribution in [3.63, 3.8) is 0 Å². The van der Waals surface area contributed by atoms with Crippen LogP contribution in [0.4, 0.5) is 11.4 Å². The van der Waals surface area contributed by atoms with Crippen LogP contribution in [0.2, 0.25) is 0 Å². The van der Waals surface area contributed by atoms with Crippen LogP contribution in [-0.2, 0) is 11.2 Å². The molecule has 0 aliphatic heterocycles. The number of carbonyl (C=O) groups is 2. The molecule has 108 valence electrons. The summed E-state index contributed by atoms with van der Waals surface area (Å²) in [6.07, 6.45) is 5.13. The molecule has 0 atom stereocenters. The zero-order chi connectivity index (χ0) is 15.2. The Bertz CT molecular complexity index is 656. The number of nitrogens with zero attached hydrogens (tertiary/aromatic N) is 2. The zero-order valence-electron chi connectivity index (χ0n) is 11.9. The van der Waals surface area contributed by atoms with Crippen LogP contribution in [0.5, 0.6) is 0 Å². The summed E-state index contributed by atoms with van der Waals surface area (Å²) >= 11 is 0. The molecule has 21 heavy (non-hydrogen) atoms. The maximum atomic E-state index is 12.1. The van der Waals surface area contributed by atoms with E-state index in [0.29, 0.717) is 11.4 Å². The van der Waals surface area contributed by atoms with E-state index < -0.39 is 0 Å². The van der Waals surface area contributed by atoms with Crippen molar-refractivity contribution in [3.8, 4) is 0 Å². The average molecular weight is 284 g/mol. The molecule has 2 amide bonds. The summed E-state index contributed by atoms with van der Waals surface area (Å²) in [5, 5.41) is 5.49. The second-order valence-corrected chi connectivity index (χ2v) is 4.45. The third kappa shape index (κ3) is 3.85. The molecule has 0 aliphatic rings. The maximum Gasteiger partial charge on any atom is 0.275 e. The first kappa shape index (κ1) is 14.6. The number of hydrogen-bond donors (Lipinski definition) is 2. The van der Waals surface area contributed by atoms with E-state index in [-0.39, 0.29) is 17.5 Å². The van der Waals surface area contributed by atoms with Crippen molar-refractivity contribution >= 4 is 23.2 Å². The topological polar surface area (TPSA) is 84.0 Å². The van der Waals surface area contributed by atoms with Crippen LogP contribution in [0.25, 0.3) is 0 Å². The molecule has 1 aromatic heterocycles. The Morgan fingerprint density at radius 2 is 2.00 bits per heavy atom. The van der Waals surface area contributed by atoms with Crippen LogP contribution in [0.15, 0.2) is 36.8 Å². The summed E-state index contributed by atoms with van der Waals surface area (Å²) in [5.41, 5.74) is 2.50. The summed E-state index contributed by atoms with van der Waals surface area (Å²) in [5.74, 6) is -0.497. The van der Waals surface area contributed by atoms with E-state index in [1.54, 1.807) is 12.1 Å². The van der Waals surface area contributed by atoms with Crippen molar-refractivity contribution in [2.45, 2.75) is 20.3 Å². The molecule has 0 radical (unpaired) electrons. The molecule has 6 heteroatoms. The second kappa shape index (κ2) is 6.60. The standard InChI is InChI=1S/C15H16N4O2/c1-3-11-4-5-12(18-10(2)20)8-13(11)19-15(21)14-9-16-6-7-17-14/h4-9H,3H2,1-2H3,(H,18,20)(H,19,21). The summed E-state index contributed by atoms with van der Waals surface area (Å²) in [4.78, 5) is 31.0. The van der Waals surface area contributed by atoms with Crippen molar-refractivity contribution in [2.75, 3.05) is 10.6 Å². The number of carbonyl (C=O) groups excluding carboxylic acids is 2. The number of hydrogen-bond acceptors (Lipinski definition) is 4. The van der Waals surface area contributed by atoms with E-state index >= 15 is 0 Å². The van der Waals surface area contributed by atoms with Crippen LogP contribution in [-0.4, -0.2) is 21.8 Å². The number of benzene rings is 1. The van der Waals surface area contributed by atoms with Gasteiger partial charge in [0.05, 0.1) is 6.20 Å². The summed E-state index contributed by atoms with van der Waals surface area (Å²) in [7, 11) is 0. The highest BCUT2D eigenvalue weighted by atomic mass is 16.2. The molecule has 1 aromatic carbocycles. The number of aryl methyl sites for hydroxylation is 1. The first-order chi connectivity index (χ1) is 10.1. The van der Waals surface area contributed by atoms with Gasteiger partial charge in [0.15, 0.2) is 0 Å². The van der Waals surface area contributed by atoms with Gasteiger partial charge in [0.2, 0.25) is 5.91 Å². The lowest BCUT2D eigenvalue weighted by Crippen LogP contribution is -2.15. The molecule has 0 saturated carbocycles. The quantitative estimate of drug-likeness (QED) is 0.902. The van der Waals surface area contributed by atoms with Gasteiger partial charge in [-0.15, -0.1) is 0 Å². The molecule has 0 unspecified atom stereocenters. The first-order valence-electron chi connectivity index (χ1n) is 6.58. The highest BCUT2D eigenvalue weighted by Crippen LogP contribution is 2.22. The highest BCUT2D eigenvalue weighted by molar-refractivity contribution is 6.03. The van der Waals surface area contributed by atoms with Gasteiger partial charge in [0.1, 0.15) is 5.69 Å². The molecule has 6 nitrogen and oxygen atoms in total. The van der Waals surface area contributed by atoms with E-state index in [9.17, 15) is 9.59 Å². The molecule has 0 aliphatic carbocycles. The predicted octanol–water partition coefficient (Wildman–Crippen LogP) is 2.25. The van der Waals surface area contributed by atoms with E-state index in [1.807, 2.05) is 13.0 Å². The summed E-state index contributed by atoms with van der Waals surface area (Å²) in [6, 6.07) is 5.41. The molecule has 2 N–H and O–H groups in total. The lowest BCUT2D eigenvalue weighted by molar-refractivity contribution is -0.114. The fourth-order valence-electron chi connectivity index (χ4n) is 1.88. The Hall–Kier alpha value is -2.76. The van der Waals surface area contributed by atoms with Crippen molar-refractivity contribution in [1.29, 1.82) is 0 Å². The van der Waals surface area contributed by atoms with Gasteiger partial charge >= 0.3 is 0 Å². The maximum absolute atomic E-state index is 12.1. The number of anilines is 2. The molecule has 1 heterocycles. The van der Waals surface area contributed by atoms with E-state index in [0.717, 1.165) is 12.0 Å². The fraction of sp³-hybridized carbons (Fsp3) is 0.200. The third-order valence-corrected chi connectivity index (χ3v) is 2.86. The van der Waals surface area contributed by atoms with Crippen LogP contribution in [0.3, 0.4) is 0 Å². The summed E-state index contributed by atoms with van der Waals surface area (Å²) in [6.45, 7) is 3.43. The number of rotatable bonds is 4. The number of amides is 2. The van der Waals surface area contributed by atoms with Gasteiger partial charge in [-0.25, -0.2) is 4.98 Å². The van der Waals surface area contributed by atoms with Gasteiger partial charge in [0, 0.05) is 30.7 Å². The van der Waals surface area contributed by atoms with Crippen molar-refractivity contribution in [2.24, 2.45) is 0 Å². The molecule has 0 fully saturated rings. The Labute approximate surface area is 122 Å². The average Bonchev–Trinajstić information content (AvgIpc) is 2.48. The molecule has 2 rings (SSSR count).